The van der Waals surface area contributed by atoms with Crippen LogP contribution in [0.5, 0.6) is 5.75 Å². The smallest absolute Gasteiger partial charge is 0.120 e. The zero-order valence-electron chi connectivity index (χ0n) is 13.3. The number of nitrogens with zero attached hydrogens (tertiary/aromatic N) is 1. The van der Waals surface area contributed by atoms with E-state index in [1.54, 1.807) is 6.07 Å². The van der Waals surface area contributed by atoms with Crippen LogP contribution in [0, 0.1) is 0 Å². The molecule has 0 amide bonds. The van der Waals surface area contributed by atoms with Gasteiger partial charge in [0.2, 0.25) is 0 Å². The van der Waals surface area contributed by atoms with E-state index in [1.807, 2.05) is 30.3 Å². The van der Waals surface area contributed by atoms with Crippen molar-refractivity contribution >= 4 is 0 Å². The first-order chi connectivity index (χ1) is 11.2. The minimum atomic E-state index is 0.351. The normalized spacial score (nSPS) is 10.9. The molecule has 0 radical (unpaired) electrons. The molecule has 0 spiro atoms. The van der Waals surface area contributed by atoms with E-state index in [4.69, 9.17) is 0 Å². The van der Waals surface area contributed by atoms with Crippen LogP contribution in [0.2, 0.25) is 0 Å². The summed E-state index contributed by atoms with van der Waals surface area (Å²) < 4.78 is 0. The lowest BCUT2D eigenvalue weighted by Gasteiger charge is -2.18. The summed E-state index contributed by atoms with van der Waals surface area (Å²) in [7, 11) is 2.07. The van der Waals surface area contributed by atoms with Crippen molar-refractivity contribution in [3.8, 4) is 16.9 Å². The molecule has 0 saturated carbocycles. The van der Waals surface area contributed by atoms with E-state index >= 15 is 0 Å². The van der Waals surface area contributed by atoms with Crippen molar-refractivity contribution < 1.29 is 5.11 Å². The summed E-state index contributed by atoms with van der Waals surface area (Å²) >= 11 is 0. The molecule has 3 rings (SSSR count). The van der Waals surface area contributed by atoms with Crippen molar-refractivity contribution in [2.24, 2.45) is 0 Å². The summed E-state index contributed by atoms with van der Waals surface area (Å²) in [5.41, 5.74) is 4.52. The van der Waals surface area contributed by atoms with E-state index in [0.29, 0.717) is 12.3 Å². The van der Waals surface area contributed by atoms with Gasteiger partial charge in [0.05, 0.1) is 0 Å². The van der Waals surface area contributed by atoms with Gasteiger partial charge in [0, 0.05) is 18.7 Å². The highest BCUT2D eigenvalue weighted by atomic mass is 16.3. The molecule has 0 heterocycles. The van der Waals surface area contributed by atoms with E-state index in [1.165, 1.54) is 11.1 Å². The maximum Gasteiger partial charge on any atom is 0.120 e. The van der Waals surface area contributed by atoms with Crippen molar-refractivity contribution in [2.75, 3.05) is 7.05 Å². The molecule has 0 fully saturated rings. The first-order valence-electron chi connectivity index (χ1n) is 7.82. The van der Waals surface area contributed by atoms with Crippen molar-refractivity contribution in [2.45, 2.75) is 13.1 Å². The molecule has 116 valence electrons. The van der Waals surface area contributed by atoms with Gasteiger partial charge in [-0.25, -0.2) is 0 Å². The van der Waals surface area contributed by atoms with Crippen molar-refractivity contribution in [3.63, 3.8) is 0 Å². The average molecular weight is 303 g/mol. The molecule has 2 nitrogen and oxygen atoms in total. The number of aromatic hydroxyl groups is 1. The fourth-order valence-corrected chi connectivity index (χ4v) is 2.76. The average Bonchev–Trinajstić information content (AvgIpc) is 2.58. The van der Waals surface area contributed by atoms with Gasteiger partial charge in [-0.3, -0.25) is 4.90 Å². The van der Waals surface area contributed by atoms with E-state index in [2.05, 4.69) is 54.4 Å². The van der Waals surface area contributed by atoms with Crippen LogP contribution in [0.3, 0.4) is 0 Å². The molecule has 3 aromatic rings. The highest BCUT2D eigenvalue weighted by Gasteiger charge is 2.08. The van der Waals surface area contributed by atoms with Crippen LogP contribution >= 0.6 is 0 Å². The first kappa shape index (κ1) is 15.3. The SMILES string of the molecule is CN(Cc1ccccc1)Cc1cc(-c2ccccc2)ccc1O. The molecule has 1 N–H and O–H groups in total. The lowest BCUT2D eigenvalue weighted by molar-refractivity contribution is 0.312. The second-order valence-corrected chi connectivity index (χ2v) is 5.87. The van der Waals surface area contributed by atoms with Gasteiger partial charge in [0.1, 0.15) is 5.75 Å². The summed E-state index contributed by atoms with van der Waals surface area (Å²) in [6, 6.07) is 26.4. The lowest BCUT2D eigenvalue weighted by atomic mass is 10.0. The lowest BCUT2D eigenvalue weighted by Crippen LogP contribution is -2.17. The van der Waals surface area contributed by atoms with Gasteiger partial charge in [-0.2, -0.15) is 0 Å². The number of benzene rings is 3. The summed E-state index contributed by atoms with van der Waals surface area (Å²) in [5, 5.41) is 10.2. The molecule has 3 aromatic carbocycles. The van der Waals surface area contributed by atoms with Crippen LogP contribution in [0.1, 0.15) is 11.1 Å². The quantitative estimate of drug-likeness (QED) is 0.739. The van der Waals surface area contributed by atoms with Crippen LogP contribution in [0.25, 0.3) is 11.1 Å². The third-order valence-corrected chi connectivity index (χ3v) is 3.92. The Kier molecular flexibility index (Phi) is 4.74. The third-order valence-electron chi connectivity index (χ3n) is 3.92. The molecule has 0 saturated heterocycles. The number of rotatable bonds is 5. The summed E-state index contributed by atoms with van der Waals surface area (Å²) in [6.07, 6.45) is 0. The molecule has 0 atom stereocenters. The molecule has 0 bridgehead atoms. The minimum absolute atomic E-state index is 0.351. The van der Waals surface area contributed by atoms with Crippen LogP contribution in [-0.2, 0) is 13.1 Å². The maximum absolute atomic E-state index is 10.2. The highest BCUT2D eigenvalue weighted by molar-refractivity contribution is 5.65. The Labute approximate surface area is 137 Å². The van der Waals surface area contributed by atoms with Gasteiger partial charge >= 0.3 is 0 Å². The Balaban J connectivity index is 1.77. The molecule has 23 heavy (non-hydrogen) atoms. The van der Waals surface area contributed by atoms with Crippen molar-refractivity contribution in [1.29, 1.82) is 0 Å². The molecular weight excluding hydrogens is 282 g/mol. The van der Waals surface area contributed by atoms with Crippen molar-refractivity contribution in [1.82, 2.24) is 4.90 Å². The van der Waals surface area contributed by atoms with Crippen LogP contribution in [-0.4, -0.2) is 17.1 Å². The largest absolute Gasteiger partial charge is 0.508 e. The number of phenolic OH excluding ortho intramolecular Hbond substituents is 1. The minimum Gasteiger partial charge on any atom is -0.508 e. The summed E-state index contributed by atoms with van der Waals surface area (Å²) in [5.74, 6) is 0.351. The van der Waals surface area contributed by atoms with Gasteiger partial charge < -0.3 is 5.11 Å². The van der Waals surface area contributed by atoms with E-state index < -0.39 is 0 Å². The topological polar surface area (TPSA) is 23.5 Å². The molecule has 0 aliphatic heterocycles. The highest BCUT2D eigenvalue weighted by Crippen LogP contribution is 2.27. The summed E-state index contributed by atoms with van der Waals surface area (Å²) in [4.78, 5) is 2.21. The third kappa shape index (κ3) is 3.99. The van der Waals surface area contributed by atoms with Gasteiger partial charge in [0.25, 0.3) is 0 Å². The predicted octanol–water partition coefficient (Wildman–Crippen LogP) is 4.69. The molecule has 2 heteroatoms. The van der Waals surface area contributed by atoms with Crippen LogP contribution in [0.4, 0.5) is 0 Å². The number of hydrogen-bond acceptors (Lipinski definition) is 2. The Hall–Kier alpha value is -2.58. The second kappa shape index (κ2) is 7.12. The maximum atomic E-state index is 10.2. The number of hydrogen-bond donors (Lipinski definition) is 1. The standard InChI is InChI=1S/C21H21NO/c1-22(15-17-8-4-2-5-9-17)16-20-14-19(12-13-21(20)23)18-10-6-3-7-11-18/h2-14,23H,15-16H2,1H3. The van der Waals surface area contributed by atoms with E-state index in [0.717, 1.165) is 17.7 Å². The van der Waals surface area contributed by atoms with Gasteiger partial charge in [-0.1, -0.05) is 66.7 Å². The Morgan fingerprint density at radius 2 is 1.39 bits per heavy atom. The molecule has 0 aliphatic rings. The van der Waals surface area contributed by atoms with E-state index in [9.17, 15) is 5.11 Å². The fraction of sp³-hybridized carbons (Fsp3) is 0.143. The van der Waals surface area contributed by atoms with Gasteiger partial charge in [-0.15, -0.1) is 0 Å². The molecule has 0 aliphatic carbocycles. The van der Waals surface area contributed by atoms with Crippen LogP contribution < -0.4 is 0 Å². The Morgan fingerprint density at radius 1 is 0.739 bits per heavy atom. The Bertz CT molecular complexity index is 753. The van der Waals surface area contributed by atoms with E-state index in [-0.39, 0.29) is 0 Å². The summed E-state index contributed by atoms with van der Waals surface area (Å²) in [6.45, 7) is 1.57. The Morgan fingerprint density at radius 3 is 2.09 bits per heavy atom. The monoisotopic (exact) mass is 303 g/mol. The molecule has 0 unspecified atom stereocenters. The second-order valence-electron chi connectivity index (χ2n) is 5.87. The van der Waals surface area contributed by atoms with Crippen molar-refractivity contribution in [3.05, 3.63) is 90.0 Å². The van der Waals surface area contributed by atoms with Gasteiger partial charge in [-0.05, 0) is 35.9 Å². The zero-order chi connectivity index (χ0) is 16.1. The fourth-order valence-electron chi connectivity index (χ4n) is 2.76. The molecule has 0 aromatic heterocycles. The first-order valence-corrected chi connectivity index (χ1v) is 7.82. The zero-order valence-corrected chi connectivity index (χ0v) is 13.3. The van der Waals surface area contributed by atoms with Crippen LogP contribution in [0.15, 0.2) is 78.9 Å². The predicted molar refractivity (Wildman–Crippen MR) is 95.2 cm³/mol. The van der Waals surface area contributed by atoms with Gasteiger partial charge in [0.15, 0.2) is 0 Å². The number of phenols is 1. The molecular formula is C21H21NO.